The van der Waals surface area contributed by atoms with Crippen molar-refractivity contribution in [3.63, 3.8) is 0 Å². The molecule has 0 unspecified atom stereocenters. The molecule has 4 nitrogen and oxygen atoms in total. The lowest BCUT2D eigenvalue weighted by atomic mass is 10.2. The molecular weight excluding hydrogens is 276 g/mol. The maximum atomic E-state index is 13.9. The average molecular weight is 291 g/mol. The Morgan fingerprint density at radius 2 is 2.05 bits per heavy atom. The van der Waals surface area contributed by atoms with E-state index in [2.05, 4.69) is 15.6 Å². The smallest absolute Gasteiger partial charge is 0.227 e. The minimum atomic E-state index is -0.838. The van der Waals surface area contributed by atoms with Gasteiger partial charge in [-0.1, -0.05) is 13.8 Å². The molecule has 1 aromatic heterocycles. The van der Waals surface area contributed by atoms with Crippen molar-refractivity contribution in [2.24, 2.45) is 5.92 Å². The maximum absolute atomic E-state index is 13.9. The number of benzene rings is 1. The van der Waals surface area contributed by atoms with Crippen molar-refractivity contribution >= 4 is 23.0 Å². The standard InChI is InChI=1S/C15H15F2N3O/c1-9(2)15(21)20-14-12(17)6-10(16)7-13(14)19-11-4-3-5-18-8-11/h3-9,19H,1-2H3,(H,20,21). The number of nitrogens with zero attached hydrogens (tertiary/aromatic N) is 1. The first-order valence-electron chi connectivity index (χ1n) is 6.44. The predicted molar refractivity (Wildman–Crippen MR) is 77.3 cm³/mol. The molecular formula is C15H15F2N3O. The first-order chi connectivity index (χ1) is 9.97. The largest absolute Gasteiger partial charge is 0.352 e. The molecule has 0 aliphatic rings. The zero-order valence-corrected chi connectivity index (χ0v) is 11.7. The molecule has 0 radical (unpaired) electrons. The Morgan fingerprint density at radius 3 is 2.67 bits per heavy atom. The highest BCUT2D eigenvalue weighted by atomic mass is 19.1. The van der Waals surface area contributed by atoms with Crippen LogP contribution in [0.4, 0.5) is 25.8 Å². The molecule has 0 aliphatic carbocycles. The summed E-state index contributed by atoms with van der Waals surface area (Å²) in [5, 5.41) is 5.30. The first-order valence-corrected chi connectivity index (χ1v) is 6.44. The van der Waals surface area contributed by atoms with Crippen LogP contribution in [-0.4, -0.2) is 10.9 Å². The molecule has 2 rings (SSSR count). The summed E-state index contributed by atoms with van der Waals surface area (Å²) in [6.07, 6.45) is 3.09. The van der Waals surface area contributed by atoms with E-state index in [1.807, 2.05) is 0 Å². The van der Waals surface area contributed by atoms with Crippen LogP contribution in [0.1, 0.15) is 13.8 Å². The second-order valence-electron chi connectivity index (χ2n) is 4.82. The number of anilines is 3. The van der Waals surface area contributed by atoms with E-state index in [0.29, 0.717) is 5.69 Å². The number of halogens is 2. The molecule has 0 spiro atoms. The van der Waals surface area contributed by atoms with Crippen LogP contribution in [0.3, 0.4) is 0 Å². The lowest BCUT2D eigenvalue weighted by molar-refractivity contribution is -0.118. The fourth-order valence-electron chi connectivity index (χ4n) is 1.66. The third-order valence-corrected chi connectivity index (χ3v) is 2.77. The quantitative estimate of drug-likeness (QED) is 0.903. The number of amides is 1. The Bertz CT molecular complexity index is 645. The normalized spacial score (nSPS) is 10.5. The molecule has 0 saturated heterocycles. The zero-order chi connectivity index (χ0) is 15.4. The molecule has 0 fully saturated rings. The van der Waals surface area contributed by atoms with E-state index < -0.39 is 11.6 Å². The molecule has 0 aliphatic heterocycles. The Hall–Kier alpha value is -2.50. The van der Waals surface area contributed by atoms with Gasteiger partial charge in [0.05, 0.1) is 17.6 Å². The summed E-state index contributed by atoms with van der Waals surface area (Å²) in [7, 11) is 0. The minimum absolute atomic E-state index is 0.0843. The van der Waals surface area contributed by atoms with Gasteiger partial charge in [0.25, 0.3) is 0 Å². The van der Waals surface area contributed by atoms with Crippen molar-refractivity contribution in [3.05, 3.63) is 48.3 Å². The van der Waals surface area contributed by atoms with Crippen molar-refractivity contribution in [2.75, 3.05) is 10.6 Å². The number of hydrogen-bond donors (Lipinski definition) is 2. The molecule has 2 N–H and O–H groups in total. The zero-order valence-electron chi connectivity index (χ0n) is 11.7. The fraction of sp³-hybridized carbons (Fsp3) is 0.200. The molecule has 2 aromatic rings. The Balaban J connectivity index is 2.36. The topological polar surface area (TPSA) is 54.0 Å². The van der Waals surface area contributed by atoms with Crippen molar-refractivity contribution in [3.8, 4) is 0 Å². The summed E-state index contributed by atoms with van der Waals surface area (Å²) in [5.41, 5.74) is 0.607. The number of carbonyl (C=O) groups is 1. The molecule has 0 saturated carbocycles. The predicted octanol–water partition coefficient (Wildman–Crippen LogP) is 3.70. The van der Waals surface area contributed by atoms with Crippen LogP contribution in [0.15, 0.2) is 36.7 Å². The molecule has 0 bridgehead atoms. The third kappa shape index (κ3) is 3.75. The fourth-order valence-corrected chi connectivity index (χ4v) is 1.66. The van der Waals surface area contributed by atoms with Crippen LogP contribution in [-0.2, 0) is 4.79 Å². The van der Waals surface area contributed by atoms with E-state index in [0.717, 1.165) is 12.1 Å². The van der Waals surface area contributed by atoms with Gasteiger partial charge in [0.2, 0.25) is 5.91 Å². The van der Waals surface area contributed by atoms with Gasteiger partial charge in [-0.15, -0.1) is 0 Å². The van der Waals surface area contributed by atoms with Crippen molar-refractivity contribution in [1.82, 2.24) is 4.98 Å². The summed E-state index contributed by atoms with van der Waals surface area (Å²) in [5.74, 6) is -2.24. The van der Waals surface area contributed by atoms with Crippen LogP contribution in [0.5, 0.6) is 0 Å². The third-order valence-electron chi connectivity index (χ3n) is 2.77. The molecule has 0 atom stereocenters. The van der Waals surface area contributed by atoms with E-state index in [4.69, 9.17) is 0 Å². The average Bonchev–Trinajstić information content (AvgIpc) is 2.43. The number of carbonyl (C=O) groups excluding carboxylic acids is 1. The van der Waals surface area contributed by atoms with Crippen LogP contribution < -0.4 is 10.6 Å². The highest BCUT2D eigenvalue weighted by molar-refractivity contribution is 5.96. The highest BCUT2D eigenvalue weighted by Gasteiger charge is 2.16. The van der Waals surface area contributed by atoms with Gasteiger partial charge in [-0.2, -0.15) is 0 Å². The van der Waals surface area contributed by atoms with Gasteiger partial charge in [0.1, 0.15) is 11.5 Å². The lowest BCUT2D eigenvalue weighted by Gasteiger charge is -2.15. The van der Waals surface area contributed by atoms with E-state index >= 15 is 0 Å². The Kier molecular flexibility index (Phi) is 4.47. The summed E-state index contributed by atoms with van der Waals surface area (Å²) in [4.78, 5) is 15.6. The number of pyridine rings is 1. The first kappa shape index (κ1) is 14.9. The molecule has 21 heavy (non-hydrogen) atoms. The second-order valence-corrected chi connectivity index (χ2v) is 4.82. The molecule has 1 heterocycles. The number of nitrogens with one attached hydrogen (secondary N) is 2. The summed E-state index contributed by atoms with van der Waals surface area (Å²) in [6, 6.07) is 5.23. The molecule has 1 aromatic carbocycles. The number of rotatable bonds is 4. The van der Waals surface area contributed by atoms with E-state index in [1.165, 1.54) is 6.20 Å². The van der Waals surface area contributed by atoms with Crippen LogP contribution in [0.2, 0.25) is 0 Å². The Morgan fingerprint density at radius 1 is 1.29 bits per heavy atom. The van der Waals surface area contributed by atoms with Gasteiger partial charge in [-0.25, -0.2) is 8.78 Å². The van der Waals surface area contributed by atoms with Gasteiger partial charge in [0.15, 0.2) is 5.82 Å². The monoisotopic (exact) mass is 291 g/mol. The maximum Gasteiger partial charge on any atom is 0.227 e. The second kappa shape index (κ2) is 6.30. The summed E-state index contributed by atoms with van der Waals surface area (Å²) < 4.78 is 27.3. The highest BCUT2D eigenvalue weighted by Crippen LogP contribution is 2.29. The van der Waals surface area contributed by atoms with Gasteiger partial charge in [0, 0.05) is 18.2 Å². The lowest BCUT2D eigenvalue weighted by Crippen LogP contribution is -2.19. The SMILES string of the molecule is CC(C)C(=O)Nc1c(F)cc(F)cc1Nc1cccnc1. The number of aromatic nitrogens is 1. The van der Waals surface area contributed by atoms with Gasteiger partial charge < -0.3 is 10.6 Å². The van der Waals surface area contributed by atoms with Gasteiger partial charge in [-0.05, 0) is 18.2 Å². The molecule has 110 valence electrons. The van der Waals surface area contributed by atoms with Gasteiger partial charge >= 0.3 is 0 Å². The van der Waals surface area contributed by atoms with Crippen molar-refractivity contribution in [2.45, 2.75) is 13.8 Å². The summed E-state index contributed by atoms with van der Waals surface area (Å²) in [6.45, 7) is 3.37. The van der Waals surface area contributed by atoms with Crippen LogP contribution >= 0.6 is 0 Å². The van der Waals surface area contributed by atoms with E-state index in [1.54, 1.807) is 32.2 Å². The Labute approximate surface area is 121 Å². The number of hydrogen-bond acceptors (Lipinski definition) is 3. The summed E-state index contributed by atoms with van der Waals surface area (Å²) >= 11 is 0. The molecule has 6 heteroatoms. The van der Waals surface area contributed by atoms with Gasteiger partial charge in [-0.3, -0.25) is 9.78 Å². The van der Waals surface area contributed by atoms with E-state index in [9.17, 15) is 13.6 Å². The van der Waals surface area contributed by atoms with Crippen LogP contribution in [0, 0.1) is 17.6 Å². The minimum Gasteiger partial charge on any atom is -0.352 e. The molecule has 1 amide bonds. The van der Waals surface area contributed by atoms with Crippen molar-refractivity contribution in [1.29, 1.82) is 0 Å². The van der Waals surface area contributed by atoms with Crippen LogP contribution in [0.25, 0.3) is 0 Å². The van der Waals surface area contributed by atoms with E-state index in [-0.39, 0.29) is 23.2 Å². The van der Waals surface area contributed by atoms with Crippen molar-refractivity contribution < 1.29 is 13.6 Å².